The second kappa shape index (κ2) is 5.61. The van der Waals surface area contributed by atoms with E-state index in [1.165, 1.54) is 0 Å². The summed E-state index contributed by atoms with van der Waals surface area (Å²) in [5.41, 5.74) is 0.598. The first-order chi connectivity index (χ1) is 8.97. The van der Waals surface area contributed by atoms with Crippen LogP contribution in [0.5, 0.6) is 0 Å². The van der Waals surface area contributed by atoms with Crippen LogP contribution in [0.4, 0.5) is 5.69 Å². The second-order valence-electron chi connectivity index (χ2n) is 5.13. The monoisotopic (exact) mass is 281 g/mol. The number of carbonyl (C=O) groups excluding carboxylic acids is 1. The number of carboxylic acids is 1. The fraction of sp³-hybridized carbons (Fsp3) is 0.429. The van der Waals surface area contributed by atoms with E-state index in [1.807, 2.05) is 6.92 Å². The minimum atomic E-state index is -0.893. The normalized spacial score (nSPS) is 26.1. The first kappa shape index (κ1) is 13.9. The van der Waals surface area contributed by atoms with Gasteiger partial charge in [-0.15, -0.1) is 0 Å². The van der Waals surface area contributed by atoms with Crippen LogP contribution in [0, 0.1) is 17.8 Å². The molecule has 1 fully saturated rings. The van der Waals surface area contributed by atoms with Gasteiger partial charge in [0.2, 0.25) is 5.91 Å². The van der Waals surface area contributed by atoms with Gasteiger partial charge < -0.3 is 10.4 Å². The summed E-state index contributed by atoms with van der Waals surface area (Å²) in [5.74, 6) is -1.92. The molecule has 0 radical (unpaired) electrons. The van der Waals surface area contributed by atoms with Crippen LogP contribution in [0.1, 0.15) is 19.8 Å². The molecule has 4 nitrogen and oxygen atoms in total. The van der Waals surface area contributed by atoms with E-state index in [-0.39, 0.29) is 11.8 Å². The van der Waals surface area contributed by atoms with E-state index in [1.54, 1.807) is 24.3 Å². The van der Waals surface area contributed by atoms with Crippen LogP contribution in [0.25, 0.3) is 0 Å². The van der Waals surface area contributed by atoms with Crippen LogP contribution >= 0.6 is 11.6 Å². The molecule has 3 atom stereocenters. The molecule has 0 bridgehead atoms. The number of nitrogens with one attached hydrogen (secondary N) is 1. The van der Waals surface area contributed by atoms with E-state index < -0.39 is 17.8 Å². The topological polar surface area (TPSA) is 66.4 Å². The van der Waals surface area contributed by atoms with Crippen molar-refractivity contribution in [2.45, 2.75) is 19.8 Å². The minimum absolute atomic E-state index is 0.237. The van der Waals surface area contributed by atoms with Gasteiger partial charge in [-0.05, 0) is 37.0 Å². The summed E-state index contributed by atoms with van der Waals surface area (Å²) in [6.45, 7) is 1.97. The van der Waals surface area contributed by atoms with Gasteiger partial charge in [0.25, 0.3) is 0 Å². The molecule has 0 aliphatic heterocycles. The van der Waals surface area contributed by atoms with Gasteiger partial charge in [0.05, 0.1) is 11.8 Å². The molecule has 0 spiro atoms. The molecule has 0 saturated heterocycles. The van der Waals surface area contributed by atoms with Crippen molar-refractivity contribution in [2.24, 2.45) is 17.8 Å². The smallest absolute Gasteiger partial charge is 0.307 e. The SMILES string of the molecule is CC1CC(C(=O)O)C(C(=O)Nc2cccc(Cl)c2)C1. The van der Waals surface area contributed by atoms with Crippen molar-refractivity contribution in [3.63, 3.8) is 0 Å². The van der Waals surface area contributed by atoms with Crippen molar-refractivity contribution < 1.29 is 14.7 Å². The first-order valence-corrected chi connectivity index (χ1v) is 6.64. The zero-order valence-electron chi connectivity index (χ0n) is 10.6. The lowest BCUT2D eigenvalue weighted by molar-refractivity contribution is -0.145. The largest absolute Gasteiger partial charge is 0.481 e. The van der Waals surface area contributed by atoms with E-state index in [2.05, 4.69) is 5.32 Å². The number of rotatable bonds is 3. The van der Waals surface area contributed by atoms with E-state index >= 15 is 0 Å². The van der Waals surface area contributed by atoms with Gasteiger partial charge in [0.15, 0.2) is 0 Å². The van der Waals surface area contributed by atoms with E-state index in [9.17, 15) is 9.59 Å². The Kier molecular flexibility index (Phi) is 4.10. The molecule has 1 aliphatic carbocycles. The maximum atomic E-state index is 12.2. The highest BCUT2D eigenvalue weighted by Gasteiger charge is 2.41. The van der Waals surface area contributed by atoms with E-state index in [0.717, 1.165) is 0 Å². The van der Waals surface area contributed by atoms with Gasteiger partial charge in [0.1, 0.15) is 0 Å². The predicted molar refractivity (Wildman–Crippen MR) is 73.1 cm³/mol. The third-order valence-corrected chi connectivity index (χ3v) is 3.78. The Balaban J connectivity index is 2.09. The molecule has 19 heavy (non-hydrogen) atoms. The molecule has 1 amide bonds. The molecule has 102 valence electrons. The zero-order chi connectivity index (χ0) is 14.0. The Morgan fingerprint density at radius 3 is 2.63 bits per heavy atom. The number of hydrogen-bond acceptors (Lipinski definition) is 2. The van der Waals surface area contributed by atoms with Crippen molar-refractivity contribution in [3.8, 4) is 0 Å². The average Bonchev–Trinajstić information content (AvgIpc) is 2.71. The fourth-order valence-electron chi connectivity index (χ4n) is 2.66. The maximum absolute atomic E-state index is 12.2. The lowest BCUT2D eigenvalue weighted by Gasteiger charge is -2.15. The van der Waals surface area contributed by atoms with Gasteiger partial charge in [-0.2, -0.15) is 0 Å². The fourth-order valence-corrected chi connectivity index (χ4v) is 2.85. The third kappa shape index (κ3) is 3.26. The van der Waals surface area contributed by atoms with E-state index in [0.29, 0.717) is 23.6 Å². The number of aliphatic carboxylic acids is 1. The molecule has 0 heterocycles. The van der Waals surface area contributed by atoms with Crippen molar-refractivity contribution in [2.75, 3.05) is 5.32 Å². The van der Waals surface area contributed by atoms with Crippen molar-refractivity contribution in [3.05, 3.63) is 29.3 Å². The molecule has 0 aromatic heterocycles. The first-order valence-electron chi connectivity index (χ1n) is 6.26. The molecule has 5 heteroatoms. The number of benzene rings is 1. The van der Waals surface area contributed by atoms with E-state index in [4.69, 9.17) is 16.7 Å². The number of amides is 1. The predicted octanol–water partition coefficient (Wildman–Crippen LogP) is 3.03. The summed E-state index contributed by atoms with van der Waals surface area (Å²) in [6.07, 6.45) is 1.17. The molecule has 1 aromatic carbocycles. The number of carbonyl (C=O) groups is 2. The van der Waals surface area contributed by atoms with Crippen LogP contribution in [0.3, 0.4) is 0 Å². The molecule has 1 saturated carbocycles. The highest BCUT2D eigenvalue weighted by Crippen LogP contribution is 2.37. The van der Waals surface area contributed by atoms with Gasteiger partial charge in [-0.3, -0.25) is 9.59 Å². The summed E-state index contributed by atoms with van der Waals surface area (Å²) in [4.78, 5) is 23.3. The van der Waals surface area contributed by atoms with Gasteiger partial charge in [-0.25, -0.2) is 0 Å². The van der Waals surface area contributed by atoms with Gasteiger partial charge in [-0.1, -0.05) is 24.6 Å². The summed E-state index contributed by atoms with van der Waals surface area (Å²) < 4.78 is 0. The van der Waals surface area contributed by atoms with Crippen molar-refractivity contribution in [1.82, 2.24) is 0 Å². The molecular formula is C14H16ClNO3. The Morgan fingerprint density at radius 2 is 2.00 bits per heavy atom. The third-order valence-electron chi connectivity index (χ3n) is 3.54. The number of carboxylic acid groups (broad SMARTS) is 1. The summed E-state index contributed by atoms with van der Waals surface area (Å²) in [5, 5.41) is 12.4. The number of hydrogen-bond donors (Lipinski definition) is 2. The Hall–Kier alpha value is -1.55. The molecule has 1 aromatic rings. The molecule has 1 aliphatic rings. The number of anilines is 1. The second-order valence-corrected chi connectivity index (χ2v) is 5.56. The van der Waals surface area contributed by atoms with Crippen LogP contribution in [-0.4, -0.2) is 17.0 Å². The summed E-state index contributed by atoms with van der Waals surface area (Å²) in [7, 11) is 0. The van der Waals surface area contributed by atoms with Crippen LogP contribution < -0.4 is 5.32 Å². The van der Waals surface area contributed by atoms with Crippen molar-refractivity contribution >= 4 is 29.2 Å². The maximum Gasteiger partial charge on any atom is 0.307 e. The standard InChI is InChI=1S/C14H16ClNO3/c1-8-5-11(12(6-8)14(18)19)13(17)16-10-4-2-3-9(15)7-10/h2-4,7-8,11-12H,5-6H2,1H3,(H,16,17)(H,18,19). The molecule has 2 N–H and O–H groups in total. The van der Waals surface area contributed by atoms with Gasteiger partial charge in [0, 0.05) is 10.7 Å². The Morgan fingerprint density at radius 1 is 1.32 bits per heavy atom. The van der Waals surface area contributed by atoms with Crippen LogP contribution in [-0.2, 0) is 9.59 Å². The number of halogens is 1. The Labute approximate surface area is 116 Å². The highest BCUT2D eigenvalue weighted by atomic mass is 35.5. The lowest BCUT2D eigenvalue weighted by Crippen LogP contribution is -2.29. The average molecular weight is 282 g/mol. The molecule has 3 unspecified atom stereocenters. The molecule has 2 rings (SSSR count). The van der Waals surface area contributed by atoms with Crippen molar-refractivity contribution in [1.29, 1.82) is 0 Å². The quantitative estimate of drug-likeness (QED) is 0.895. The van der Waals surface area contributed by atoms with Gasteiger partial charge >= 0.3 is 5.97 Å². The highest BCUT2D eigenvalue weighted by molar-refractivity contribution is 6.30. The summed E-state index contributed by atoms with van der Waals surface area (Å²) in [6, 6.07) is 6.84. The Bertz CT molecular complexity index is 503. The summed E-state index contributed by atoms with van der Waals surface area (Å²) >= 11 is 5.84. The lowest BCUT2D eigenvalue weighted by atomic mass is 9.95. The van der Waals surface area contributed by atoms with Crippen LogP contribution in [0.2, 0.25) is 5.02 Å². The molecular weight excluding hydrogens is 266 g/mol. The van der Waals surface area contributed by atoms with Crippen LogP contribution in [0.15, 0.2) is 24.3 Å². The zero-order valence-corrected chi connectivity index (χ0v) is 11.4. The minimum Gasteiger partial charge on any atom is -0.481 e.